The first-order valence-electron chi connectivity index (χ1n) is 8.66. The molecular weight excluding hydrogens is 421 g/mol. The van der Waals surface area contributed by atoms with E-state index in [4.69, 9.17) is 4.74 Å². The fourth-order valence-corrected chi connectivity index (χ4v) is 3.91. The van der Waals surface area contributed by atoms with E-state index in [-0.39, 0.29) is 11.6 Å². The third-order valence-corrected chi connectivity index (χ3v) is 5.37. The number of nitrogens with zero attached hydrogens (tertiary/aromatic N) is 2. The Morgan fingerprint density at radius 2 is 2.10 bits per heavy atom. The highest BCUT2D eigenvalue weighted by molar-refractivity contribution is 7.86. The number of nitrogens with one attached hydrogen (secondary N) is 2. The molecule has 7 nitrogen and oxygen atoms in total. The molecule has 1 atom stereocenters. The largest absolute Gasteiger partial charge is 0.479 e. The average molecular weight is 436 g/mol. The van der Waals surface area contributed by atoms with E-state index in [1.54, 1.807) is 12.3 Å². The van der Waals surface area contributed by atoms with Gasteiger partial charge in [-0.15, -0.1) is 0 Å². The molecule has 1 aromatic carbocycles. The molecule has 3 aromatic heterocycles. The van der Waals surface area contributed by atoms with E-state index in [0.717, 1.165) is 17.0 Å². The van der Waals surface area contributed by atoms with Gasteiger partial charge in [0.2, 0.25) is 5.88 Å². The molecular formula is C19H15F3N4O3S. The van der Waals surface area contributed by atoms with Gasteiger partial charge in [0.05, 0.1) is 23.0 Å². The molecule has 0 fully saturated rings. The van der Waals surface area contributed by atoms with Gasteiger partial charge in [0, 0.05) is 29.2 Å². The topological polar surface area (TPSA) is 89.1 Å². The van der Waals surface area contributed by atoms with Crippen LogP contribution in [0.2, 0.25) is 0 Å². The third-order valence-electron chi connectivity index (χ3n) is 4.24. The van der Waals surface area contributed by atoms with Crippen molar-refractivity contribution in [2.24, 2.45) is 0 Å². The van der Waals surface area contributed by atoms with Gasteiger partial charge in [-0.3, -0.25) is 9.71 Å². The Morgan fingerprint density at radius 1 is 1.27 bits per heavy atom. The van der Waals surface area contributed by atoms with Gasteiger partial charge in [0.15, 0.2) is 23.4 Å². The zero-order valence-electron chi connectivity index (χ0n) is 15.5. The number of H-pyrrole nitrogens is 1. The Bertz CT molecular complexity index is 1250. The lowest BCUT2D eigenvalue weighted by Gasteiger charge is -2.12. The summed E-state index contributed by atoms with van der Waals surface area (Å²) in [5.41, 5.74) is 1.41. The molecule has 1 unspecified atom stereocenters. The molecule has 0 aliphatic heterocycles. The Labute approximate surface area is 170 Å². The van der Waals surface area contributed by atoms with Crippen LogP contribution in [0.3, 0.4) is 0 Å². The second-order valence-corrected chi connectivity index (χ2v) is 7.30. The molecule has 0 saturated carbocycles. The van der Waals surface area contributed by atoms with Crippen LogP contribution in [0.4, 0.5) is 18.9 Å². The standard InChI is InChI=1S/C19H15F3N4O3S/c1-28-19-13(7-12(20)18(25-19)29-9-15(21)22)26-30(27)14-8-24-17-11(14)5-4-10-3-2-6-23-16(10)17/h2-8,15,23,26H,9H2,1H3. The minimum Gasteiger partial charge on any atom is -0.479 e. The van der Waals surface area contributed by atoms with Crippen LogP contribution in [-0.2, 0) is 11.0 Å². The molecule has 11 heteroatoms. The van der Waals surface area contributed by atoms with E-state index in [1.807, 2.05) is 18.2 Å². The van der Waals surface area contributed by atoms with Gasteiger partial charge in [-0.25, -0.2) is 17.4 Å². The predicted octanol–water partition coefficient (Wildman–Crippen LogP) is 4.04. The van der Waals surface area contributed by atoms with Crippen molar-refractivity contribution in [1.82, 2.24) is 15.0 Å². The number of halogens is 3. The van der Waals surface area contributed by atoms with Gasteiger partial charge < -0.3 is 14.5 Å². The van der Waals surface area contributed by atoms with Gasteiger partial charge in [-0.1, -0.05) is 18.2 Å². The monoisotopic (exact) mass is 436 g/mol. The van der Waals surface area contributed by atoms with Crippen LogP contribution >= 0.6 is 0 Å². The number of ether oxygens (including phenoxy) is 2. The van der Waals surface area contributed by atoms with Crippen molar-refractivity contribution in [2.45, 2.75) is 11.3 Å². The van der Waals surface area contributed by atoms with Crippen LogP contribution in [0.1, 0.15) is 0 Å². The Balaban J connectivity index is 1.65. The Morgan fingerprint density at radius 3 is 2.87 bits per heavy atom. The first kappa shape index (κ1) is 20.0. The minimum absolute atomic E-state index is 0.0283. The number of benzene rings is 1. The molecule has 0 radical (unpaired) electrons. The van der Waals surface area contributed by atoms with Crippen LogP contribution in [0.25, 0.3) is 21.8 Å². The lowest BCUT2D eigenvalue weighted by molar-refractivity contribution is 0.0770. The summed E-state index contributed by atoms with van der Waals surface area (Å²) in [7, 11) is -0.576. The summed E-state index contributed by atoms with van der Waals surface area (Å²) in [5.74, 6) is -1.79. The first-order valence-corrected chi connectivity index (χ1v) is 9.81. The number of hydrogen-bond donors (Lipinski definition) is 2. The maximum atomic E-state index is 14.2. The fraction of sp³-hybridized carbons (Fsp3) is 0.158. The van der Waals surface area contributed by atoms with E-state index >= 15 is 0 Å². The third kappa shape index (κ3) is 3.75. The number of hydrogen-bond acceptors (Lipinski definition) is 5. The van der Waals surface area contributed by atoms with Crippen molar-refractivity contribution >= 4 is 38.5 Å². The van der Waals surface area contributed by atoms with Crippen molar-refractivity contribution in [3.8, 4) is 11.8 Å². The number of anilines is 1. The highest BCUT2D eigenvalue weighted by Crippen LogP contribution is 2.32. The molecule has 156 valence electrons. The smallest absolute Gasteiger partial charge is 0.272 e. The molecule has 4 rings (SSSR count). The van der Waals surface area contributed by atoms with Gasteiger partial charge in [-0.2, -0.15) is 4.98 Å². The Kier molecular flexibility index (Phi) is 5.44. The van der Waals surface area contributed by atoms with E-state index in [1.165, 1.54) is 13.3 Å². The van der Waals surface area contributed by atoms with Crippen LogP contribution < -0.4 is 14.2 Å². The molecule has 0 aliphatic carbocycles. The molecule has 30 heavy (non-hydrogen) atoms. The molecule has 4 aromatic rings. The number of aromatic amines is 1. The van der Waals surface area contributed by atoms with Gasteiger partial charge in [-0.05, 0) is 6.07 Å². The first-order chi connectivity index (χ1) is 14.5. The number of methoxy groups -OCH3 is 1. The lowest BCUT2D eigenvalue weighted by atomic mass is 10.1. The predicted molar refractivity (Wildman–Crippen MR) is 106 cm³/mol. The molecule has 0 aliphatic rings. The van der Waals surface area contributed by atoms with Crippen LogP contribution in [0, 0.1) is 5.82 Å². The van der Waals surface area contributed by atoms with Crippen LogP contribution in [-0.4, -0.2) is 39.3 Å². The summed E-state index contributed by atoms with van der Waals surface area (Å²) < 4.78 is 64.0. The van der Waals surface area contributed by atoms with Gasteiger partial charge in [0.1, 0.15) is 5.69 Å². The maximum Gasteiger partial charge on any atom is 0.272 e. The van der Waals surface area contributed by atoms with Crippen LogP contribution in [0.5, 0.6) is 11.8 Å². The summed E-state index contributed by atoms with van der Waals surface area (Å²) in [5, 5.41) is 1.60. The summed E-state index contributed by atoms with van der Waals surface area (Å²) in [6, 6.07) is 8.37. The molecule has 0 amide bonds. The van der Waals surface area contributed by atoms with Crippen molar-refractivity contribution in [1.29, 1.82) is 0 Å². The van der Waals surface area contributed by atoms with Gasteiger partial charge >= 0.3 is 0 Å². The summed E-state index contributed by atoms with van der Waals surface area (Å²) in [4.78, 5) is 11.6. The van der Waals surface area contributed by atoms with Gasteiger partial charge in [0.25, 0.3) is 12.3 Å². The van der Waals surface area contributed by atoms with Crippen molar-refractivity contribution < 1.29 is 26.9 Å². The Hall–Kier alpha value is -3.34. The second-order valence-electron chi connectivity index (χ2n) is 6.12. The highest BCUT2D eigenvalue weighted by Gasteiger charge is 2.19. The molecule has 0 bridgehead atoms. The van der Waals surface area contributed by atoms with Crippen LogP contribution in [0.15, 0.2) is 47.6 Å². The van der Waals surface area contributed by atoms with Crippen molar-refractivity contribution in [3.63, 3.8) is 0 Å². The number of rotatable bonds is 7. The second kappa shape index (κ2) is 8.19. The average Bonchev–Trinajstić information content (AvgIpc) is 3.18. The summed E-state index contributed by atoms with van der Waals surface area (Å²) in [6.45, 7) is -1.01. The van der Waals surface area contributed by atoms with E-state index in [9.17, 15) is 17.4 Å². The fourth-order valence-electron chi connectivity index (χ4n) is 2.94. The van der Waals surface area contributed by atoms with E-state index in [2.05, 4.69) is 24.4 Å². The van der Waals surface area contributed by atoms with Crippen molar-refractivity contribution in [3.05, 3.63) is 48.5 Å². The summed E-state index contributed by atoms with van der Waals surface area (Å²) >= 11 is 0. The number of fused-ring (bicyclic) bond motifs is 3. The zero-order chi connectivity index (χ0) is 21.3. The van der Waals surface area contributed by atoms with Crippen molar-refractivity contribution in [2.75, 3.05) is 18.4 Å². The minimum atomic E-state index is -2.78. The molecule has 0 saturated heterocycles. The molecule has 3 heterocycles. The number of aromatic nitrogens is 3. The maximum absolute atomic E-state index is 14.2. The number of pyridine rings is 2. The zero-order valence-corrected chi connectivity index (χ0v) is 16.3. The SMILES string of the molecule is COc1nc(OCC(F)F)c(F)cc1NS(=O)c1cnc2c1ccc1ccc[nH]c12. The summed E-state index contributed by atoms with van der Waals surface area (Å²) in [6.07, 6.45) is 0.446. The normalized spacial score (nSPS) is 12.4. The van der Waals surface area contributed by atoms with E-state index in [0.29, 0.717) is 15.8 Å². The molecule has 0 spiro atoms. The lowest BCUT2D eigenvalue weighted by Crippen LogP contribution is -2.11. The molecule has 2 N–H and O–H groups in total. The number of alkyl halides is 2. The quantitative estimate of drug-likeness (QED) is 0.457. The van der Waals surface area contributed by atoms with E-state index < -0.39 is 35.7 Å². The highest BCUT2D eigenvalue weighted by atomic mass is 32.2.